The van der Waals surface area contributed by atoms with Gasteiger partial charge in [0, 0.05) is 22.6 Å². The zero-order chi connectivity index (χ0) is 24.0. The number of thioether (sulfide) groups is 1. The van der Waals surface area contributed by atoms with Crippen LogP contribution in [0.3, 0.4) is 0 Å². The van der Waals surface area contributed by atoms with Gasteiger partial charge in [-0.1, -0.05) is 42.8 Å². The lowest BCUT2D eigenvalue weighted by Crippen LogP contribution is -2.35. The number of rotatable bonds is 4. The Morgan fingerprint density at radius 3 is 2.53 bits per heavy atom. The van der Waals surface area contributed by atoms with Crippen molar-refractivity contribution in [1.29, 1.82) is 5.41 Å². The van der Waals surface area contributed by atoms with E-state index in [1.54, 1.807) is 6.08 Å². The summed E-state index contributed by atoms with van der Waals surface area (Å²) in [5.41, 5.74) is 7.62. The molecule has 0 atom stereocenters. The van der Waals surface area contributed by atoms with Crippen LogP contribution in [0.5, 0.6) is 0 Å². The number of hydrogen-bond acceptors (Lipinski definition) is 4. The van der Waals surface area contributed by atoms with Gasteiger partial charge in [0.15, 0.2) is 5.84 Å². The van der Waals surface area contributed by atoms with E-state index in [1.165, 1.54) is 22.3 Å². The van der Waals surface area contributed by atoms with Crippen molar-refractivity contribution < 1.29 is 4.79 Å². The van der Waals surface area contributed by atoms with E-state index in [-0.39, 0.29) is 11.4 Å². The number of aryl methyl sites for hydroxylation is 3. The topological polar surface area (TPSA) is 73.8 Å². The molecule has 7 heteroatoms. The molecule has 2 aliphatic heterocycles. The summed E-state index contributed by atoms with van der Waals surface area (Å²) in [6.45, 7) is 8.23. The monoisotopic (exact) mass is 467 g/mol. The number of carbonyl (C=O) groups is 1. The first kappa shape index (κ1) is 22.1. The van der Waals surface area contributed by atoms with Gasteiger partial charge >= 0.3 is 0 Å². The molecule has 0 bridgehead atoms. The zero-order valence-corrected chi connectivity index (χ0v) is 20.4. The lowest BCUT2D eigenvalue weighted by Gasteiger charge is -2.20. The van der Waals surface area contributed by atoms with Gasteiger partial charge < -0.3 is 4.57 Å². The van der Waals surface area contributed by atoms with Crippen molar-refractivity contribution in [1.82, 2.24) is 9.58 Å². The first-order chi connectivity index (χ1) is 16.4. The lowest BCUT2D eigenvalue weighted by molar-refractivity contribution is -0.114. The molecule has 0 saturated heterocycles. The van der Waals surface area contributed by atoms with Gasteiger partial charge in [0.25, 0.3) is 5.91 Å². The Balaban J connectivity index is 1.49. The van der Waals surface area contributed by atoms with Gasteiger partial charge in [0.1, 0.15) is 5.04 Å². The van der Waals surface area contributed by atoms with Crippen LogP contribution in [0.25, 0.3) is 11.8 Å². The summed E-state index contributed by atoms with van der Waals surface area (Å²) in [7, 11) is 0. The van der Waals surface area contributed by atoms with Crippen molar-refractivity contribution in [2.24, 2.45) is 10.1 Å². The normalized spacial score (nSPS) is 16.7. The van der Waals surface area contributed by atoms with E-state index in [4.69, 9.17) is 5.41 Å². The predicted octanol–water partition coefficient (Wildman–Crippen LogP) is 5.63. The summed E-state index contributed by atoms with van der Waals surface area (Å²) in [6, 6.07) is 18.5. The number of amides is 1. The van der Waals surface area contributed by atoms with Gasteiger partial charge in [0.2, 0.25) is 5.17 Å². The van der Waals surface area contributed by atoms with E-state index in [0.29, 0.717) is 5.17 Å². The highest BCUT2D eigenvalue weighted by molar-refractivity contribution is 8.27. The maximum Gasteiger partial charge on any atom is 0.283 e. The molecule has 0 unspecified atom stereocenters. The molecule has 1 amide bonds. The van der Waals surface area contributed by atoms with Gasteiger partial charge in [-0.3, -0.25) is 10.2 Å². The summed E-state index contributed by atoms with van der Waals surface area (Å²) in [5, 5.41) is 15.9. The second-order valence-electron chi connectivity index (χ2n) is 8.48. The number of fused-ring (bicyclic) bond motifs is 1. The number of carbonyl (C=O) groups excluding carboxylic acids is 1. The molecule has 0 spiro atoms. The van der Waals surface area contributed by atoms with Gasteiger partial charge in [-0.15, -0.1) is 0 Å². The van der Waals surface area contributed by atoms with Crippen molar-refractivity contribution in [2.45, 2.75) is 34.1 Å². The van der Waals surface area contributed by atoms with Crippen LogP contribution in [-0.2, 0) is 11.2 Å². The molecular formula is C27H25N5OS. The van der Waals surface area contributed by atoms with E-state index in [2.05, 4.69) is 45.9 Å². The summed E-state index contributed by atoms with van der Waals surface area (Å²) >= 11 is 1.32. The second kappa shape index (κ2) is 8.57. The van der Waals surface area contributed by atoms with E-state index >= 15 is 0 Å². The molecular weight excluding hydrogens is 442 g/mol. The number of aliphatic imine (C=N–C) groups is 1. The van der Waals surface area contributed by atoms with Crippen molar-refractivity contribution in [3.05, 3.63) is 93.8 Å². The number of hydrogen-bond donors (Lipinski definition) is 1. The molecule has 170 valence electrons. The van der Waals surface area contributed by atoms with Gasteiger partial charge in [-0.2, -0.15) is 15.1 Å². The van der Waals surface area contributed by atoms with E-state index in [9.17, 15) is 4.79 Å². The van der Waals surface area contributed by atoms with Crippen LogP contribution in [0.1, 0.15) is 40.6 Å². The SMILES string of the molecule is CCc1ccc(-n2c(C)cc(C=C3C(=N)N4N=C(c5cccc(C)c5)SC4=NC3=O)c2C)cc1. The molecule has 0 aliphatic carbocycles. The Morgan fingerprint density at radius 2 is 1.82 bits per heavy atom. The minimum atomic E-state index is -0.415. The minimum Gasteiger partial charge on any atom is -0.318 e. The van der Waals surface area contributed by atoms with Crippen molar-refractivity contribution in [3.63, 3.8) is 0 Å². The van der Waals surface area contributed by atoms with E-state index in [1.807, 2.05) is 51.1 Å². The highest BCUT2D eigenvalue weighted by atomic mass is 32.2. The van der Waals surface area contributed by atoms with Gasteiger partial charge in [-0.25, -0.2) is 0 Å². The van der Waals surface area contributed by atoms with Crippen LogP contribution >= 0.6 is 11.8 Å². The van der Waals surface area contributed by atoms with Gasteiger partial charge in [-0.05, 0) is 80.4 Å². The summed E-state index contributed by atoms with van der Waals surface area (Å²) in [4.78, 5) is 17.1. The Kier molecular flexibility index (Phi) is 5.57. The Labute approximate surface area is 203 Å². The fourth-order valence-corrected chi connectivity index (χ4v) is 5.14. The fraction of sp³-hybridized carbons (Fsp3) is 0.185. The molecule has 6 nitrogen and oxygen atoms in total. The lowest BCUT2D eigenvalue weighted by atomic mass is 10.1. The number of nitrogens with zero attached hydrogens (tertiary/aromatic N) is 4. The number of nitrogens with one attached hydrogen (secondary N) is 1. The number of amidine groups is 2. The van der Waals surface area contributed by atoms with Crippen LogP contribution in [0.2, 0.25) is 0 Å². The average molecular weight is 468 g/mol. The number of aromatic nitrogens is 1. The minimum absolute atomic E-state index is 0.0438. The molecule has 5 rings (SSSR count). The smallest absolute Gasteiger partial charge is 0.283 e. The van der Waals surface area contributed by atoms with Crippen LogP contribution in [0.4, 0.5) is 0 Å². The molecule has 0 saturated carbocycles. The summed E-state index contributed by atoms with van der Waals surface area (Å²) < 4.78 is 2.16. The van der Waals surface area contributed by atoms with Crippen molar-refractivity contribution >= 4 is 39.8 Å². The summed E-state index contributed by atoms with van der Waals surface area (Å²) in [6.07, 6.45) is 2.76. The molecule has 2 aliphatic rings. The third-order valence-corrected chi connectivity index (χ3v) is 7.05. The van der Waals surface area contributed by atoms with Crippen LogP contribution < -0.4 is 0 Å². The third kappa shape index (κ3) is 3.82. The molecule has 1 N–H and O–H groups in total. The third-order valence-electron chi connectivity index (χ3n) is 6.09. The highest BCUT2D eigenvalue weighted by Gasteiger charge is 2.36. The fourth-order valence-electron chi connectivity index (χ4n) is 4.25. The van der Waals surface area contributed by atoms with Crippen LogP contribution in [-0.4, -0.2) is 31.5 Å². The van der Waals surface area contributed by atoms with Crippen molar-refractivity contribution in [3.8, 4) is 5.69 Å². The quantitative estimate of drug-likeness (QED) is 0.505. The Hall–Kier alpha value is -3.71. The maximum absolute atomic E-state index is 12.9. The van der Waals surface area contributed by atoms with E-state index in [0.717, 1.165) is 45.2 Å². The molecule has 2 aromatic carbocycles. The molecule has 1 aromatic heterocycles. The standard InChI is InChI=1S/C27H25N5OS/c1-5-19-9-11-22(12-10-19)31-17(3)14-21(18(31)4)15-23-24(28)32-27(29-25(23)33)34-26(30-32)20-8-6-7-16(2)13-20/h6-15,28H,5H2,1-4H3. The maximum atomic E-state index is 12.9. The second-order valence-corrected chi connectivity index (χ2v) is 9.43. The molecule has 0 radical (unpaired) electrons. The highest BCUT2D eigenvalue weighted by Crippen LogP contribution is 2.32. The average Bonchev–Trinajstić information content (AvgIpc) is 3.37. The first-order valence-corrected chi connectivity index (χ1v) is 12.0. The van der Waals surface area contributed by atoms with Crippen molar-refractivity contribution in [2.75, 3.05) is 0 Å². The molecule has 3 heterocycles. The van der Waals surface area contributed by atoms with Gasteiger partial charge in [0.05, 0.1) is 5.57 Å². The number of benzene rings is 2. The molecule has 34 heavy (non-hydrogen) atoms. The summed E-state index contributed by atoms with van der Waals surface area (Å²) in [5.74, 6) is -0.371. The molecule has 0 fully saturated rings. The predicted molar refractivity (Wildman–Crippen MR) is 140 cm³/mol. The largest absolute Gasteiger partial charge is 0.318 e. The van der Waals surface area contributed by atoms with E-state index < -0.39 is 5.91 Å². The molecule has 3 aromatic rings. The Morgan fingerprint density at radius 1 is 1.06 bits per heavy atom. The zero-order valence-electron chi connectivity index (χ0n) is 19.6. The Bertz CT molecular complexity index is 1430. The first-order valence-electron chi connectivity index (χ1n) is 11.2. The van der Waals surface area contributed by atoms with Crippen LogP contribution in [0.15, 0.2) is 70.3 Å². The number of hydrazone groups is 1. The van der Waals surface area contributed by atoms with Crippen LogP contribution in [0, 0.1) is 26.2 Å².